The van der Waals surface area contributed by atoms with Gasteiger partial charge in [-0.2, -0.15) is 0 Å². The second-order valence-corrected chi connectivity index (χ2v) is 7.47. The van der Waals surface area contributed by atoms with E-state index in [9.17, 15) is 8.42 Å². The molecule has 0 aliphatic heterocycles. The molecule has 1 aromatic heterocycles. The molecule has 2 aromatic rings. The summed E-state index contributed by atoms with van der Waals surface area (Å²) in [5, 5.41) is 3.16. The molecule has 0 fully saturated rings. The van der Waals surface area contributed by atoms with Crippen molar-refractivity contribution in [2.24, 2.45) is 0 Å². The van der Waals surface area contributed by atoms with Gasteiger partial charge >= 0.3 is 0 Å². The molecule has 2 N–H and O–H groups in total. The third-order valence-corrected chi connectivity index (χ3v) is 4.65. The summed E-state index contributed by atoms with van der Waals surface area (Å²) >= 11 is 6.61. The topological polar surface area (TPSA) is 71.3 Å². The first-order chi connectivity index (χ1) is 9.33. The molecule has 2 rings (SSSR count). The number of anilines is 2. The monoisotopic (exact) mass is 422 g/mol. The number of furan rings is 1. The Kier molecular flexibility index (Phi) is 4.77. The van der Waals surface area contributed by atoms with E-state index in [0.29, 0.717) is 16.9 Å². The third kappa shape index (κ3) is 4.53. The fourth-order valence-corrected chi connectivity index (χ4v) is 2.79. The van der Waals surface area contributed by atoms with Gasteiger partial charge in [0, 0.05) is 5.69 Å². The second-order valence-electron chi connectivity index (χ2n) is 4.14. The predicted molar refractivity (Wildman–Crippen MR) is 86.3 cm³/mol. The maximum atomic E-state index is 11.2. The maximum absolute atomic E-state index is 11.2. The first-order valence-electron chi connectivity index (χ1n) is 5.59. The minimum absolute atomic E-state index is 0.493. The van der Waals surface area contributed by atoms with Gasteiger partial charge in [0.15, 0.2) is 4.67 Å². The molecule has 0 amide bonds. The standard InChI is InChI=1S/C12H12Br2N2O3S/c1-20(17,18)16-9-4-2-3-8(5-9)15-7-10-6-11(13)12(14)19-10/h2-6,15-16H,7H2,1H3. The Morgan fingerprint density at radius 3 is 2.50 bits per heavy atom. The Hall–Kier alpha value is -0.990. The number of hydrogen-bond acceptors (Lipinski definition) is 4. The molecule has 20 heavy (non-hydrogen) atoms. The van der Waals surface area contributed by atoms with Crippen molar-refractivity contribution in [2.75, 3.05) is 16.3 Å². The average Bonchev–Trinajstić information content (AvgIpc) is 2.65. The Morgan fingerprint density at radius 1 is 1.20 bits per heavy atom. The van der Waals surface area contributed by atoms with E-state index < -0.39 is 10.0 Å². The molecule has 0 aliphatic carbocycles. The predicted octanol–water partition coefficient (Wildman–Crippen LogP) is 3.79. The van der Waals surface area contributed by atoms with Crippen molar-refractivity contribution >= 4 is 53.3 Å². The van der Waals surface area contributed by atoms with Crippen molar-refractivity contribution in [3.8, 4) is 0 Å². The van der Waals surface area contributed by atoms with E-state index in [1.54, 1.807) is 18.2 Å². The number of benzene rings is 1. The van der Waals surface area contributed by atoms with E-state index in [4.69, 9.17) is 4.42 Å². The largest absolute Gasteiger partial charge is 0.451 e. The zero-order valence-corrected chi connectivity index (χ0v) is 14.5. The number of sulfonamides is 1. The number of rotatable bonds is 5. The summed E-state index contributed by atoms with van der Waals surface area (Å²) in [4.78, 5) is 0. The zero-order valence-electron chi connectivity index (χ0n) is 10.5. The Bertz CT molecular complexity index is 694. The first-order valence-corrected chi connectivity index (χ1v) is 9.07. The average molecular weight is 424 g/mol. The van der Waals surface area contributed by atoms with Gasteiger partial charge in [-0.3, -0.25) is 4.72 Å². The Balaban J connectivity index is 2.04. The molecule has 0 aliphatic rings. The highest BCUT2D eigenvalue weighted by Gasteiger charge is 2.06. The third-order valence-electron chi connectivity index (χ3n) is 2.33. The van der Waals surface area contributed by atoms with Gasteiger partial charge in [-0.25, -0.2) is 8.42 Å². The van der Waals surface area contributed by atoms with E-state index in [1.165, 1.54) is 0 Å². The van der Waals surface area contributed by atoms with Gasteiger partial charge in [-0.15, -0.1) is 0 Å². The highest BCUT2D eigenvalue weighted by atomic mass is 79.9. The number of halogens is 2. The number of hydrogen-bond donors (Lipinski definition) is 2. The van der Waals surface area contributed by atoms with Crippen LogP contribution in [0, 0.1) is 0 Å². The van der Waals surface area contributed by atoms with Gasteiger partial charge in [0.2, 0.25) is 10.0 Å². The highest BCUT2D eigenvalue weighted by Crippen LogP contribution is 2.27. The summed E-state index contributed by atoms with van der Waals surface area (Å²) < 4.78 is 31.7. The van der Waals surface area contributed by atoms with Gasteiger partial charge in [0.05, 0.1) is 23.0 Å². The van der Waals surface area contributed by atoms with Gasteiger partial charge in [0.1, 0.15) is 5.76 Å². The van der Waals surface area contributed by atoms with Crippen LogP contribution in [-0.4, -0.2) is 14.7 Å². The molecule has 0 bridgehead atoms. The molecule has 5 nitrogen and oxygen atoms in total. The summed E-state index contributed by atoms with van der Waals surface area (Å²) in [5.74, 6) is 0.755. The minimum atomic E-state index is -3.27. The van der Waals surface area contributed by atoms with E-state index in [1.807, 2.05) is 12.1 Å². The SMILES string of the molecule is CS(=O)(=O)Nc1cccc(NCc2cc(Br)c(Br)o2)c1. The summed E-state index contributed by atoms with van der Waals surface area (Å²) in [7, 11) is -3.27. The highest BCUT2D eigenvalue weighted by molar-refractivity contribution is 9.13. The summed E-state index contributed by atoms with van der Waals surface area (Å²) in [5.41, 5.74) is 1.31. The van der Waals surface area contributed by atoms with Crippen LogP contribution in [0.1, 0.15) is 5.76 Å². The molecule has 0 spiro atoms. The molecule has 8 heteroatoms. The molecule has 0 radical (unpaired) electrons. The molecule has 1 heterocycles. The van der Waals surface area contributed by atoms with Crippen LogP contribution in [0.3, 0.4) is 0 Å². The summed E-state index contributed by atoms with van der Waals surface area (Å²) in [6.07, 6.45) is 1.12. The quantitative estimate of drug-likeness (QED) is 0.767. The van der Waals surface area contributed by atoms with Crippen molar-refractivity contribution in [2.45, 2.75) is 6.54 Å². The lowest BCUT2D eigenvalue weighted by molar-refractivity contribution is 0.494. The normalized spacial score (nSPS) is 11.3. The van der Waals surface area contributed by atoms with Crippen LogP contribution in [0.5, 0.6) is 0 Å². The van der Waals surface area contributed by atoms with E-state index in [0.717, 1.165) is 22.2 Å². The van der Waals surface area contributed by atoms with Crippen molar-refractivity contribution < 1.29 is 12.8 Å². The maximum Gasteiger partial charge on any atom is 0.229 e. The van der Waals surface area contributed by atoms with Crippen molar-refractivity contribution in [1.29, 1.82) is 0 Å². The van der Waals surface area contributed by atoms with Crippen molar-refractivity contribution in [3.05, 3.63) is 45.2 Å². The molecule has 1 aromatic carbocycles. The van der Waals surface area contributed by atoms with Crippen LogP contribution >= 0.6 is 31.9 Å². The molecular weight excluding hydrogens is 412 g/mol. The van der Waals surface area contributed by atoms with Gasteiger partial charge in [-0.1, -0.05) is 6.07 Å². The van der Waals surface area contributed by atoms with Crippen LogP contribution in [0.15, 0.2) is 43.9 Å². The van der Waals surface area contributed by atoms with Gasteiger partial charge < -0.3 is 9.73 Å². The van der Waals surface area contributed by atoms with Crippen molar-refractivity contribution in [3.63, 3.8) is 0 Å². The number of nitrogens with one attached hydrogen (secondary N) is 2. The summed E-state index contributed by atoms with van der Waals surface area (Å²) in [6, 6.07) is 8.88. The lowest BCUT2D eigenvalue weighted by atomic mass is 10.3. The van der Waals surface area contributed by atoms with Crippen LogP contribution in [-0.2, 0) is 16.6 Å². The lowest BCUT2D eigenvalue weighted by Gasteiger charge is -2.08. The van der Waals surface area contributed by atoms with Gasteiger partial charge in [-0.05, 0) is 56.1 Å². The molecule has 108 valence electrons. The fourth-order valence-electron chi connectivity index (χ4n) is 1.57. The second kappa shape index (κ2) is 6.19. The van der Waals surface area contributed by atoms with Crippen LogP contribution in [0.25, 0.3) is 0 Å². The van der Waals surface area contributed by atoms with E-state index in [2.05, 4.69) is 41.9 Å². The lowest BCUT2D eigenvalue weighted by Crippen LogP contribution is -2.09. The fraction of sp³-hybridized carbons (Fsp3) is 0.167. The van der Waals surface area contributed by atoms with Crippen LogP contribution in [0.4, 0.5) is 11.4 Å². The molecule has 0 saturated carbocycles. The minimum Gasteiger partial charge on any atom is -0.451 e. The Morgan fingerprint density at radius 2 is 1.90 bits per heavy atom. The zero-order chi connectivity index (χ0) is 14.8. The molecule has 0 unspecified atom stereocenters. The smallest absolute Gasteiger partial charge is 0.229 e. The molecular formula is C12H12Br2N2O3S. The van der Waals surface area contributed by atoms with E-state index >= 15 is 0 Å². The van der Waals surface area contributed by atoms with E-state index in [-0.39, 0.29) is 0 Å². The van der Waals surface area contributed by atoms with Crippen LogP contribution < -0.4 is 10.0 Å². The first kappa shape index (κ1) is 15.4. The van der Waals surface area contributed by atoms with Gasteiger partial charge in [0.25, 0.3) is 0 Å². The summed E-state index contributed by atoms with van der Waals surface area (Å²) in [6.45, 7) is 0.493. The van der Waals surface area contributed by atoms with Crippen LogP contribution in [0.2, 0.25) is 0 Å². The molecule has 0 atom stereocenters. The van der Waals surface area contributed by atoms with Crippen molar-refractivity contribution in [1.82, 2.24) is 0 Å². The Labute approximate surface area is 134 Å². The molecule has 0 saturated heterocycles.